The largest absolute Gasteiger partial charge is 0.491 e. The van der Waals surface area contributed by atoms with Gasteiger partial charge in [-0.25, -0.2) is 0 Å². The molecule has 0 spiro atoms. The van der Waals surface area contributed by atoms with Gasteiger partial charge in [0.05, 0.1) is 5.02 Å². The molecule has 0 aliphatic heterocycles. The lowest BCUT2D eigenvalue weighted by molar-refractivity contribution is 0.314. The highest BCUT2D eigenvalue weighted by Crippen LogP contribution is 2.27. The lowest BCUT2D eigenvalue weighted by Crippen LogP contribution is -2.20. The van der Waals surface area contributed by atoms with Crippen molar-refractivity contribution < 1.29 is 4.74 Å². The first-order valence-corrected chi connectivity index (χ1v) is 7.98. The van der Waals surface area contributed by atoms with Gasteiger partial charge in [0, 0.05) is 27.3 Å². The summed E-state index contributed by atoms with van der Waals surface area (Å²) in [6.07, 6.45) is 0. The molecule has 0 atom stereocenters. The van der Waals surface area contributed by atoms with Gasteiger partial charge in [0.1, 0.15) is 12.4 Å². The fourth-order valence-corrected chi connectivity index (χ4v) is 2.98. The summed E-state index contributed by atoms with van der Waals surface area (Å²) < 4.78 is 6.61. The number of ether oxygens (including phenoxy) is 1. The molecule has 0 radical (unpaired) electrons. The van der Waals surface area contributed by atoms with Gasteiger partial charge in [-0.2, -0.15) is 0 Å². The average molecular weight is 361 g/mol. The van der Waals surface area contributed by atoms with Crippen LogP contribution in [-0.2, 0) is 6.54 Å². The number of halogens is 2. The number of hydrogen-bond donors (Lipinski definition) is 1. The van der Waals surface area contributed by atoms with Crippen LogP contribution in [0.15, 0.2) is 34.8 Å². The second-order valence-corrected chi connectivity index (χ2v) is 6.81. The summed E-state index contributed by atoms with van der Waals surface area (Å²) in [7, 11) is 0. The molecule has 1 aromatic heterocycles. The van der Waals surface area contributed by atoms with Crippen LogP contribution in [0.3, 0.4) is 0 Å². The molecule has 0 unspecified atom stereocenters. The van der Waals surface area contributed by atoms with Crippen molar-refractivity contribution in [1.29, 1.82) is 0 Å². The monoisotopic (exact) mass is 359 g/mol. The molecule has 0 fully saturated rings. The molecule has 0 bridgehead atoms. The zero-order valence-corrected chi connectivity index (χ0v) is 13.7. The van der Waals surface area contributed by atoms with E-state index in [-0.39, 0.29) is 0 Å². The molecule has 0 amide bonds. The molecule has 2 nitrogen and oxygen atoms in total. The van der Waals surface area contributed by atoms with Gasteiger partial charge in [0.2, 0.25) is 0 Å². The molecule has 0 aliphatic rings. The van der Waals surface area contributed by atoms with Gasteiger partial charge in [-0.15, -0.1) is 11.3 Å². The summed E-state index contributed by atoms with van der Waals surface area (Å²) in [6, 6.07) is 9.89. The first-order valence-electron chi connectivity index (χ1n) is 5.99. The van der Waals surface area contributed by atoms with E-state index in [1.54, 1.807) is 0 Å². The minimum absolute atomic E-state index is 0.598. The van der Waals surface area contributed by atoms with Crippen LogP contribution < -0.4 is 10.1 Å². The first-order chi connectivity index (χ1) is 9.15. The summed E-state index contributed by atoms with van der Waals surface area (Å²) >= 11 is 11.3. The molecule has 0 aliphatic carbocycles. The maximum atomic E-state index is 6.04. The van der Waals surface area contributed by atoms with E-state index in [0.29, 0.717) is 17.4 Å². The van der Waals surface area contributed by atoms with Crippen LogP contribution in [-0.4, -0.2) is 13.2 Å². The first kappa shape index (κ1) is 14.9. The van der Waals surface area contributed by atoms with E-state index in [4.69, 9.17) is 16.3 Å². The van der Waals surface area contributed by atoms with Crippen LogP contribution in [0.25, 0.3) is 0 Å². The van der Waals surface area contributed by atoms with Crippen molar-refractivity contribution in [3.05, 3.63) is 49.6 Å². The van der Waals surface area contributed by atoms with E-state index in [2.05, 4.69) is 40.3 Å². The average Bonchev–Trinajstić information content (AvgIpc) is 2.79. The predicted octanol–water partition coefficient (Wildman–Crippen LogP) is 4.64. The quantitative estimate of drug-likeness (QED) is 0.758. The smallest absolute Gasteiger partial charge is 0.139 e. The van der Waals surface area contributed by atoms with Crippen LogP contribution in [0.1, 0.15) is 9.75 Å². The number of benzene rings is 1. The van der Waals surface area contributed by atoms with Gasteiger partial charge < -0.3 is 10.1 Å². The molecule has 5 heteroatoms. The van der Waals surface area contributed by atoms with Crippen LogP contribution in [0, 0.1) is 6.92 Å². The Kier molecular flexibility index (Phi) is 5.70. The fourth-order valence-electron chi connectivity index (χ4n) is 1.61. The van der Waals surface area contributed by atoms with Crippen molar-refractivity contribution in [3.8, 4) is 5.75 Å². The molecule has 1 aromatic carbocycles. The maximum absolute atomic E-state index is 6.04. The van der Waals surface area contributed by atoms with Gasteiger partial charge in [-0.1, -0.05) is 27.5 Å². The minimum atomic E-state index is 0.598. The third-order valence-electron chi connectivity index (χ3n) is 2.52. The zero-order chi connectivity index (χ0) is 13.7. The van der Waals surface area contributed by atoms with Crippen molar-refractivity contribution in [2.75, 3.05) is 13.2 Å². The molecule has 102 valence electrons. The van der Waals surface area contributed by atoms with Crippen LogP contribution in [0.4, 0.5) is 0 Å². The van der Waals surface area contributed by atoms with Gasteiger partial charge >= 0.3 is 0 Å². The van der Waals surface area contributed by atoms with Crippen molar-refractivity contribution in [1.82, 2.24) is 5.32 Å². The highest BCUT2D eigenvalue weighted by Gasteiger charge is 2.02. The Morgan fingerprint density at radius 2 is 2.16 bits per heavy atom. The molecule has 19 heavy (non-hydrogen) atoms. The third kappa shape index (κ3) is 4.80. The van der Waals surface area contributed by atoms with Crippen LogP contribution >= 0.6 is 38.9 Å². The lowest BCUT2D eigenvalue weighted by Gasteiger charge is -2.09. The number of nitrogens with one attached hydrogen (secondary N) is 1. The Labute approximate surface area is 130 Å². The van der Waals surface area contributed by atoms with Gasteiger partial charge in [-0.05, 0) is 37.3 Å². The van der Waals surface area contributed by atoms with Gasteiger partial charge in [0.25, 0.3) is 0 Å². The maximum Gasteiger partial charge on any atom is 0.139 e. The number of aryl methyl sites for hydroxylation is 1. The summed E-state index contributed by atoms with van der Waals surface area (Å²) in [5.41, 5.74) is 0. The molecule has 1 N–H and O–H groups in total. The van der Waals surface area contributed by atoms with E-state index in [0.717, 1.165) is 17.6 Å². The third-order valence-corrected chi connectivity index (χ3v) is 4.33. The van der Waals surface area contributed by atoms with Crippen molar-refractivity contribution in [2.45, 2.75) is 13.5 Å². The molecular weight excluding hydrogens is 346 g/mol. The van der Waals surface area contributed by atoms with Crippen LogP contribution in [0.5, 0.6) is 5.75 Å². The van der Waals surface area contributed by atoms with Crippen molar-refractivity contribution >= 4 is 38.9 Å². The standard InChI is InChI=1S/C14H15BrClNOS/c1-10-2-4-12(19-10)9-17-6-7-18-14-8-11(15)3-5-13(14)16/h2-5,8,17H,6-7,9H2,1H3. The number of rotatable bonds is 6. The second kappa shape index (κ2) is 7.29. The van der Waals surface area contributed by atoms with E-state index < -0.39 is 0 Å². The minimum Gasteiger partial charge on any atom is -0.491 e. The molecule has 2 aromatic rings. The summed E-state index contributed by atoms with van der Waals surface area (Å²) in [5.74, 6) is 0.713. The molecule has 1 heterocycles. The summed E-state index contributed by atoms with van der Waals surface area (Å²) in [5, 5.41) is 3.99. The lowest BCUT2D eigenvalue weighted by atomic mass is 10.3. The van der Waals surface area contributed by atoms with E-state index >= 15 is 0 Å². The Bertz CT molecular complexity index is 544. The molecule has 2 rings (SSSR count). The Hall–Kier alpha value is -0.550. The van der Waals surface area contributed by atoms with Gasteiger partial charge in [-0.3, -0.25) is 0 Å². The van der Waals surface area contributed by atoms with Gasteiger partial charge in [0.15, 0.2) is 0 Å². The highest BCUT2D eigenvalue weighted by molar-refractivity contribution is 9.10. The molecular formula is C14H15BrClNOS. The Morgan fingerprint density at radius 1 is 1.32 bits per heavy atom. The highest BCUT2D eigenvalue weighted by atomic mass is 79.9. The predicted molar refractivity (Wildman–Crippen MR) is 85.4 cm³/mol. The van der Waals surface area contributed by atoms with Crippen LogP contribution in [0.2, 0.25) is 5.02 Å². The van der Waals surface area contributed by atoms with E-state index in [1.165, 1.54) is 9.75 Å². The zero-order valence-electron chi connectivity index (χ0n) is 10.6. The summed E-state index contributed by atoms with van der Waals surface area (Å²) in [6.45, 7) is 4.39. The van der Waals surface area contributed by atoms with E-state index in [1.807, 2.05) is 29.5 Å². The normalized spacial score (nSPS) is 10.7. The molecule has 0 saturated heterocycles. The second-order valence-electron chi connectivity index (χ2n) is 4.11. The SMILES string of the molecule is Cc1ccc(CNCCOc2cc(Br)ccc2Cl)s1. The summed E-state index contributed by atoms with van der Waals surface area (Å²) in [4.78, 5) is 2.69. The Balaban J connectivity index is 1.70. The fraction of sp³-hybridized carbons (Fsp3) is 0.286. The van der Waals surface area contributed by atoms with E-state index in [9.17, 15) is 0 Å². The number of thiophene rings is 1. The topological polar surface area (TPSA) is 21.3 Å². The Morgan fingerprint density at radius 3 is 2.89 bits per heavy atom. The molecule has 0 saturated carbocycles. The van der Waals surface area contributed by atoms with Crippen molar-refractivity contribution in [3.63, 3.8) is 0 Å². The van der Waals surface area contributed by atoms with Crippen molar-refractivity contribution in [2.24, 2.45) is 0 Å². The number of hydrogen-bond acceptors (Lipinski definition) is 3.